The van der Waals surface area contributed by atoms with Gasteiger partial charge in [0.05, 0.1) is 0 Å². The van der Waals surface area contributed by atoms with Crippen LogP contribution in [0.2, 0.25) is 0 Å². The molecule has 0 aliphatic carbocycles. The van der Waals surface area contributed by atoms with Gasteiger partial charge in [-0.2, -0.15) is 0 Å². The summed E-state index contributed by atoms with van der Waals surface area (Å²) >= 11 is 0. The topological polar surface area (TPSA) is 52.7 Å². The fourth-order valence-electron chi connectivity index (χ4n) is 3.26. The molecule has 1 atom stereocenters. The largest absolute Gasteiger partial charge is 0.374 e. The van der Waals surface area contributed by atoms with Gasteiger partial charge in [-0.3, -0.25) is 9.59 Å². The highest BCUT2D eigenvalue weighted by Gasteiger charge is 2.24. The smallest absolute Gasteiger partial charge is 0.253 e. The van der Waals surface area contributed by atoms with Gasteiger partial charge >= 0.3 is 0 Å². The van der Waals surface area contributed by atoms with Crippen molar-refractivity contribution in [2.75, 3.05) is 31.6 Å². The second-order valence-corrected chi connectivity index (χ2v) is 7.11. The van der Waals surface area contributed by atoms with Crippen LogP contribution in [-0.2, 0) is 4.79 Å². The Bertz CT molecular complexity index is 568. The average Bonchev–Trinajstić information content (AvgIpc) is 2.53. The zero-order chi connectivity index (χ0) is 17.7. The summed E-state index contributed by atoms with van der Waals surface area (Å²) in [6, 6.07) is 7.87. The Balaban J connectivity index is 2.00. The van der Waals surface area contributed by atoms with Crippen molar-refractivity contribution in [3.05, 3.63) is 29.8 Å². The second-order valence-electron chi connectivity index (χ2n) is 7.11. The van der Waals surface area contributed by atoms with Gasteiger partial charge in [0, 0.05) is 50.9 Å². The average molecular weight is 331 g/mol. The van der Waals surface area contributed by atoms with Crippen molar-refractivity contribution < 1.29 is 9.59 Å². The Labute approximate surface area is 145 Å². The van der Waals surface area contributed by atoms with Gasteiger partial charge in [0.2, 0.25) is 5.91 Å². The molecular weight excluding hydrogens is 302 g/mol. The summed E-state index contributed by atoms with van der Waals surface area (Å²) in [6.07, 6.45) is 1.86. The van der Waals surface area contributed by atoms with E-state index in [1.165, 1.54) is 6.92 Å². The van der Waals surface area contributed by atoms with Gasteiger partial charge in [-0.1, -0.05) is 13.8 Å². The summed E-state index contributed by atoms with van der Waals surface area (Å²) in [7, 11) is 2.07. The summed E-state index contributed by atoms with van der Waals surface area (Å²) in [5, 5.41) is 2.92. The number of nitrogens with zero attached hydrogens (tertiary/aromatic N) is 2. The van der Waals surface area contributed by atoms with Gasteiger partial charge in [0.25, 0.3) is 5.91 Å². The first kappa shape index (κ1) is 18.3. The molecule has 5 heteroatoms. The minimum Gasteiger partial charge on any atom is -0.374 e. The molecule has 0 radical (unpaired) electrons. The van der Waals surface area contributed by atoms with E-state index in [4.69, 9.17) is 0 Å². The van der Waals surface area contributed by atoms with E-state index in [9.17, 15) is 9.59 Å². The molecule has 132 valence electrons. The summed E-state index contributed by atoms with van der Waals surface area (Å²) in [5.41, 5.74) is 1.83. The van der Waals surface area contributed by atoms with Crippen LogP contribution in [0.4, 0.5) is 5.69 Å². The molecule has 2 amide bonds. The Morgan fingerprint density at radius 1 is 1.29 bits per heavy atom. The molecule has 0 aromatic heterocycles. The predicted molar refractivity (Wildman–Crippen MR) is 97.3 cm³/mol. The van der Waals surface area contributed by atoms with E-state index in [1.807, 2.05) is 29.2 Å². The first-order valence-corrected chi connectivity index (χ1v) is 8.74. The fraction of sp³-hybridized carbons (Fsp3) is 0.579. The predicted octanol–water partition coefficient (Wildman–Crippen LogP) is 2.52. The molecule has 1 N–H and O–H groups in total. The van der Waals surface area contributed by atoms with E-state index in [1.54, 1.807) is 0 Å². The molecule has 0 bridgehead atoms. The van der Waals surface area contributed by atoms with Crippen molar-refractivity contribution in [2.24, 2.45) is 5.92 Å². The van der Waals surface area contributed by atoms with Crippen molar-refractivity contribution in [1.82, 2.24) is 10.2 Å². The third kappa shape index (κ3) is 4.98. The standard InChI is InChI=1S/C19H29N3O2/c1-14(2)12-21(4)18-9-7-16(8-10-18)19(24)22-11-5-6-17(13-22)20-15(3)23/h7-10,14,17H,5-6,11-13H2,1-4H3,(H,20,23)/t17-/m1/s1. The lowest BCUT2D eigenvalue weighted by Gasteiger charge is -2.33. The van der Waals surface area contributed by atoms with Crippen molar-refractivity contribution in [2.45, 2.75) is 39.7 Å². The Kier molecular flexibility index (Phi) is 6.23. The van der Waals surface area contributed by atoms with Crippen LogP contribution in [0.3, 0.4) is 0 Å². The highest BCUT2D eigenvalue weighted by Crippen LogP contribution is 2.18. The first-order chi connectivity index (χ1) is 11.4. The minimum atomic E-state index is -0.0353. The van der Waals surface area contributed by atoms with Gasteiger partial charge in [0.1, 0.15) is 0 Å². The molecule has 1 aliphatic rings. The van der Waals surface area contributed by atoms with Crippen molar-refractivity contribution >= 4 is 17.5 Å². The van der Waals surface area contributed by atoms with Crippen molar-refractivity contribution in [3.8, 4) is 0 Å². The maximum atomic E-state index is 12.7. The van der Waals surface area contributed by atoms with E-state index in [0.29, 0.717) is 18.0 Å². The van der Waals surface area contributed by atoms with Crippen LogP contribution in [0.1, 0.15) is 44.0 Å². The van der Waals surface area contributed by atoms with Crippen LogP contribution in [0, 0.1) is 5.92 Å². The Hall–Kier alpha value is -2.04. The number of amides is 2. The summed E-state index contributed by atoms with van der Waals surface area (Å²) in [6.45, 7) is 8.23. The molecule has 1 aromatic rings. The van der Waals surface area contributed by atoms with Gasteiger partial charge in [-0.05, 0) is 43.0 Å². The number of nitrogens with one attached hydrogen (secondary N) is 1. The lowest BCUT2D eigenvalue weighted by atomic mass is 10.0. The molecule has 24 heavy (non-hydrogen) atoms. The van der Waals surface area contributed by atoms with Crippen LogP contribution in [0.5, 0.6) is 0 Å². The quantitative estimate of drug-likeness (QED) is 0.902. The molecule has 0 unspecified atom stereocenters. The SMILES string of the molecule is CC(=O)N[C@@H]1CCCN(C(=O)c2ccc(N(C)CC(C)C)cc2)C1. The molecule has 1 heterocycles. The number of hydrogen-bond donors (Lipinski definition) is 1. The molecule has 2 rings (SSSR count). The molecule has 0 saturated carbocycles. The van der Waals surface area contributed by atoms with E-state index < -0.39 is 0 Å². The van der Waals surface area contributed by atoms with E-state index in [-0.39, 0.29) is 17.9 Å². The molecule has 0 spiro atoms. The number of carbonyl (C=O) groups excluding carboxylic acids is 2. The highest BCUT2D eigenvalue weighted by molar-refractivity contribution is 5.94. The number of likely N-dealkylation sites (tertiary alicyclic amines) is 1. The van der Waals surface area contributed by atoms with Crippen LogP contribution < -0.4 is 10.2 Å². The molecule has 1 aliphatic heterocycles. The Morgan fingerprint density at radius 3 is 2.54 bits per heavy atom. The molecular formula is C19H29N3O2. The third-order valence-electron chi connectivity index (χ3n) is 4.31. The highest BCUT2D eigenvalue weighted by atomic mass is 16.2. The minimum absolute atomic E-state index is 0.0353. The first-order valence-electron chi connectivity index (χ1n) is 8.74. The number of piperidine rings is 1. The number of anilines is 1. The normalized spacial score (nSPS) is 17.7. The maximum absolute atomic E-state index is 12.7. The van der Waals surface area contributed by atoms with Crippen molar-refractivity contribution in [3.63, 3.8) is 0 Å². The lowest BCUT2D eigenvalue weighted by Crippen LogP contribution is -2.49. The fourth-order valence-corrected chi connectivity index (χ4v) is 3.26. The van der Waals surface area contributed by atoms with Crippen LogP contribution >= 0.6 is 0 Å². The lowest BCUT2D eigenvalue weighted by molar-refractivity contribution is -0.120. The van der Waals surface area contributed by atoms with Gasteiger partial charge in [0.15, 0.2) is 0 Å². The summed E-state index contributed by atoms with van der Waals surface area (Å²) in [5.74, 6) is 0.602. The van der Waals surface area contributed by atoms with E-state index in [2.05, 4.69) is 31.1 Å². The molecule has 1 saturated heterocycles. The van der Waals surface area contributed by atoms with Crippen LogP contribution in [0.15, 0.2) is 24.3 Å². The Morgan fingerprint density at radius 2 is 1.96 bits per heavy atom. The number of carbonyl (C=O) groups is 2. The van der Waals surface area contributed by atoms with Crippen LogP contribution in [0.25, 0.3) is 0 Å². The van der Waals surface area contributed by atoms with E-state index in [0.717, 1.165) is 31.6 Å². The molecule has 1 aromatic carbocycles. The monoisotopic (exact) mass is 331 g/mol. The van der Waals surface area contributed by atoms with E-state index >= 15 is 0 Å². The maximum Gasteiger partial charge on any atom is 0.253 e. The zero-order valence-corrected chi connectivity index (χ0v) is 15.2. The van der Waals surface area contributed by atoms with Gasteiger partial charge in [-0.25, -0.2) is 0 Å². The zero-order valence-electron chi connectivity index (χ0n) is 15.2. The molecule has 5 nitrogen and oxygen atoms in total. The molecule has 1 fully saturated rings. The van der Waals surface area contributed by atoms with Gasteiger partial charge < -0.3 is 15.1 Å². The van der Waals surface area contributed by atoms with Crippen LogP contribution in [-0.4, -0.2) is 49.4 Å². The summed E-state index contributed by atoms with van der Waals surface area (Å²) < 4.78 is 0. The third-order valence-corrected chi connectivity index (χ3v) is 4.31. The summed E-state index contributed by atoms with van der Waals surface area (Å²) in [4.78, 5) is 28.0. The number of rotatable bonds is 5. The second kappa shape index (κ2) is 8.18. The van der Waals surface area contributed by atoms with Gasteiger partial charge in [-0.15, -0.1) is 0 Å². The number of benzene rings is 1. The number of hydrogen-bond acceptors (Lipinski definition) is 3. The van der Waals surface area contributed by atoms with Crippen molar-refractivity contribution in [1.29, 1.82) is 0 Å².